The molecule has 1 amide bonds. The molecule has 0 aromatic carbocycles. The van der Waals surface area contributed by atoms with Gasteiger partial charge in [-0.2, -0.15) is 0 Å². The Kier molecular flexibility index (Phi) is 7.04. The highest BCUT2D eigenvalue weighted by molar-refractivity contribution is 5.77. The van der Waals surface area contributed by atoms with E-state index in [2.05, 4.69) is 16.0 Å². The SMILES string of the molecule is CCOCCN1CCOC2(CCN(Cc3cccnc3OC)CC2)CC1=O. The summed E-state index contributed by atoms with van der Waals surface area (Å²) < 4.78 is 17.0. The molecule has 3 rings (SSSR count). The van der Waals surface area contributed by atoms with Crippen LogP contribution in [0.5, 0.6) is 5.88 Å². The topological polar surface area (TPSA) is 64.1 Å². The fourth-order valence-corrected chi connectivity index (χ4v) is 3.90. The molecular weight excluding hydrogens is 346 g/mol. The van der Waals surface area contributed by atoms with Crippen LogP contribution in [0.2, 0.25) is 0 Å². The third-order valence-corrected chi connectivity index (χ3v) is 5.51. The van der Waals surface area contributed by atoms with Crippen molar-refractivity contribution in [2.75, 3.05) is 53.1 Å². The van der Waals surface area contributed by atoms with E-state index < -0.39 is 0 Å². The van der Waals surface area contributed by atoms with Crippen molar-refractivity contribution in [3.63, 3.8) is 0 Å². The van der Waals surface area contributed by atoms with E-state index in [-0.39, 0.29) is 11.5 Å². The summed E-state index contributed by atoms with van der Waals surface area (Å²) >= 11 is 0. The first-order valence-corrected chi connectivity index (χ1v) is 9.85. The second kappa shape index (κ2) is 9.48. The van der Waals surface area contributed by atoms with Gasteiger partial charge in [-0.1, -0.05) is 6.07 Å². The number of carbonyl (C=O) groups is 1. The van der Waals surface area contributed by atoms with Crippen LogP contribution in [0.4, 0.5) is 0 Å². The van der Waals surface area contributed by atoms with Crippen molar-refractivity contribution in [1.29, 1.82) is 0 Å². The molecule has 27 heavy (non-hydrogen) atoms. The number of nitrogens with zero attached hydrogens (tertiary/aromatic N) is 3. The summed E-state index contributed by atoms with van der Waals surface area (Å²) in [5.41, 5.74) is 0.781. The lowest BCUT2D eigenvalue weighted by Gasteiger charge is -2.40. The number of likely N-dealkylation sites (tertiary alicyclic amines) is 1. The van der Waals surface area contributed by atoms with E-state index in [1.54, 1.807) is 13.3 Å². The number of piperidine rings is 1. The predicted molar refractivity (Wildman–Crippen MR) is 102 cm³/mol. The highest BCUT2D eigenvalue weighted by Crippen LogP contribution is 2.33. The first-order chi connectivity index (χ1) is 13.2. The number of amides is 1. The minimum Gasteiger partial charge on any atom is -0.481 e. The van der Waals surface area contributed by atoms with Gasteiger partial charge in [0.15, 0.2) is 0 Å². The molecule has 2 aliphatic heterocycles. The Balaban J connectivity index is 1.54. The molecule has 7 nitrogen and oxygen atoms in total. The van der Waals surface area contributed by atoms with Crippen LogP contribution in [-0.2, 0) is 20.8 Å². The Morgan fingerprint density at radius 2 is 2.11 bits per heavy atom. The molecular formula is C20H31N3O4. The Labute approximate surface area is 161 Å². The number of ether oxygens (including phenoxy) is 3. The summed E-state index contributed by atoms with van der Waals surface area (Å²) in [6.45, 7) is 7.78. The van der Waals surface area contributed by atoms with E-state index in [4.69, 9.17) is 14.2 Å². The average molecular weight is 377 g/mol. The first kappa shape index (κ1) is 20.0. The summed E-state index contributed by atoms with van der Waals surface area (Å²) in [6.07, 6.45) is 3.97. The molecule has 1 aromatic heterocycles. The Morgan fingerprint density at radius 1 is 1.30 bits per heavy atom. The van der Waals surface area contributed by atoms with Crippen LogP contribution >= 0.6 is 0 Å². The molecule has 0 bridgehead atoms. The number of hydrogen-bond donors (Lipinski definition) is 0. The van der Waals surface area contributed by atoms with E-state index in [0.717, 1.165) is 38.0 Å². The maximum Gasteiger partial charge on any atom is 0.225 e. The third-order valence-electron chi connectivity index (χ3n) is 5.51. The van der Waals surface area contributed by atoms with Crippen LogP contribution in [0.3, 0.4) is 0 Å². The van der Waals surface area contributed by atoms with Crippen LogP contribution in [0.25, 0.3) is 0 Å². The molecule has 2 aliphatic rings. The molecule has 2 fully saturated rings. The van der Waals surface area contributed by atoms with Crippen molar-refractivity contribution in [3.8, 4) is 5.88 Å². The Hall–Kier alpha value is -1.70. The fraction of sp³-hybridized carbons (Fsp3) is 0.700. The van der Waals surface area contributed by atoms with Crippen molar-refractivity contribution >= 4 is 5.91 Å². The number of methoxy groups -OCH3 is 1. The van der Waals surface area contributed by atoms with Crippen LogP contribution in [0.1, 0.15) is 31.7 Å². The highest BCUT2D eigenvalue weighted by Gasteiger charge is 2.40. The lowest BCUT2D eigenvalue weighted by Crippen LogP contribution is -2.47. The summed E-state index contributed by atoms with van der Waals surface area (Å²) in [6, 6.07) is 3.99. The van der Waals surface area contributed by atoms with Gasteiger partial charge in [-0.15, -0.1) is 0 Å². The Morgan fingerprint density at radius 3 is 2.85 bits per heavy atom. The molecule has 2 saturated heterocycles. The first-order valence-electron chi connectivity index (χ1n) is 9.85. The number of rotatable bonds is 7. The van der Waals surface area contributed by atoms with E-state index in [0.29, 0.717) is 45.2 Å². The number of hydrogen-bond acceptors (Lipinski definition) is 6. The maximum absolute atomic E-state index is 12.7. The van der Waals surface area contributed by atoms with Crippen LogP contribution in [0, 0.1) is 0 Å². The zero-order chi connectivity index (χ0) is 19.1. The lowest BCUT2D eigenvalue weighted by atomic mass is 9.87. The van der Waals surface area contributed by atoms with Gasteiger partial charge in [-0.3, -0.25) is 9.69 Å². The van der Waals surface area contributed by atoms with E-state index in [1.165, 1.54) is 0 Å². The van der Waals surface area contributed by atoms with Crippen molar-refractivity contribution in [1.82, 2.24) is 14.8 Å². The fourth-order valence-electron chi connectivity index (χ4n) is 3.90. The maximum atomic E-state index is 12.7. The van der Waals surface area contributed by atoms with Crippen LogP contribution < -0.4 is 4.74 Å². The average Bonchev–Trinajstić information content (AvgIpc) is 2.83. The molecule has 0 N–H and O–H groups in total. The second-order valence-electron chi connectivity index (χ2n) is 7.23. The van der Waals surface area contributed by atoms with Gasteiger partial charge in [-0.05, 0) is 25.8 Å². The monoisotopic (exact) mass is 377 g/mol. The number of aromatic nitrogens is 1. The van der Waals surface area contributed by atoms with E-state index in [9.17, 15) is 4.79 Å². The summed E-state index contributed by atoms with van der Waals surface area (Å²) in [4.78, 5) is 21.2. The van der Waals surface area contributed by atoms with Crippen LogP contribution in [0.15, 0.2) is 18.3 Å². The molecule has 0 saturated carbocycles. The molecule has 7 heteroatoms. The quantitative estimate of drug-likeness (QED) is 0.674. The van der Waals surface area contributed by atoms with Gasteiger partial charge in [0.2, 0.25) is 11.8 Å². The van der Waals surface area contributed by atoms with Crippen LogP contribution in [-0.4, -0.2) is 79.4 Å². The van der Waals surface area contributed by atoms with E-state index in [1.807, 2.05) is 17.9 Å². The summed E-state index contributed by atoms with van der Waals surface area (Å²) in [5.74, 6) is 0.873. The predicted octanol–water partition coefficient (Wildman–Crippen LogP) is 1.71. The molecule has 0 radical (unpaired) electrons. The van der Waals surface area contributed by atoms with Gasteiger partial charge in [0.25, 0.3) is 0 Å². The normalized spacial score (nSPS) is 20.7. The van der Waals surface area contributed by atoms with E-state index >= 15 is 0 Å². The number of pyridine rings is 1. The van der Waals surface area contributed by atoms with Gasteiger partial charge in [-0.25, -0.2) is 4.98 Å². The largest absolute Gasteiger partial charge is 0.481 e. The molecule has 0 aliphatic carbocycles. The molecule has 1 spiro atoms. The van der Waals surface area contributed by atoms with Gasteiger partial charge in [0, 0.05) is 51.1 Å². The summed E-state index contributed by atoms with van der Waals surface area (Å²) in [5, 5.41) is 0. The standard InChI is InChI=1S/C20H31N3O4/c1-3-26-13-11-23-12-14-27-20(15-18(23)24)6-9-22(10-7-20)16-17-5-4-8-21-19(17)25-2/h4-5,8H,3,6-7,9-16H2,1-2H3. The summed E-state index contributed by atoms with van der Waals surface area (Å²) in [7, 11) is 1.65. The second-order valence-corrected chi connectivity index (χ2v) is 7.23. The minimum absolute atomic E-state index is 0.189. The third kappa shape index (κ3) is 5.18. The zero-order valence-electron chi connectivity index (χ0n) is 16.5. The number of carbonyl (C=O) groups excluding carboxylic acids is 1. The van der Waals surface area contributed by atoms with Crippen molar-refractivity contribution < 1.29 is 19.0 Å². The molecule has 150 valence electrons. The highest BCUT2D eigenvalue weighted by atomic mass is 16.5. The lowest BCUT2D eigenvalue weighted by molar-refractivity contribution is -0.136. The Bertz CT molecular complexity index is 617. The molecule has 0 unspecified atom stereocenters. The van der Waals surface area contributed by atoms with Crippen molar-refractivity contribution in [2.45, 2.75) is 38.3 Å². The molecule has 0 atom stereocenters. The molecule has 3 heterocycles. The minimum atomic E-state index is -0.313. The zero-order valence-corrected chi connectivity index (χ0v) is 16.5. The van der Waals surface area contributed by atoms with Gasteiger partial charge in [0.05, 0.1) is 32.3 Å². The van der Waals surface area contributed by atoms with Crippen molar-refractivity contribution in [2.24, 2.45) is 0 Å². The van der Waals surface area contributed by atoms with Gasteiger partial charge >= 0.3 is 0 Å². The van der Waals surface area contributed by atoms with Gasteiger partial charge in [0.1, 0.15) is 0 Å². The van der Waals surface area contributed by atoms with Gasteiger partial charge < -0.3 is 19.1 Å². The smallest absolute Gasteiger partial charge is 0.225 e. The molecule has 1 aromatic rings. The van der Waals surface area contributed by atoms with Crippen molar-refractivity contribution in [3.05, 3.63) is 23.9 Å².